The number of hydrogen-bond acceptors (Lipinski definition) is 4. The summed E-state index contributed by atoms with van der Waals surface area (Å²) in [6.07, 6.45) is 2.34. The Hall–Kier alpha value is -2.18. The van der Waals surface area contributed by atoms with Crippen molar-refractivity contribution in [3.05, 3.63) is 48.0 Å². The lowest BCUT2D eigenvalue weighted by atomic mass is 9.94. The predicted octanol–water partition coefficient (Wildman–Crippen LogP) is 3.52. The minimum absolute atomic E-state index is 0.151. The van der Waals surface area contributed by atoms with Crippen LogP contribution in [0.2, 0.25) is 0 Å². The highest BCUT2D eigenvalue weighted by molar-refractivity contribution is 7.89. The lowest BCUT2D eigenvalue weighted by molar-refractivity contribution is -0.122. The Morgan fingerprint density at radius 1 is 1.11 bits per heavy atom. The molecule has 2 aromatic rings. The van der Waals surface area contributed by atoms with Crippen molar-refractivity contribution in [1.82, 2.24) is 4.31 Å². The monoisotopic (exact) mass is 387 g/mol. The van der Waals surface area contributed by atoms with E-state index in [9.17, 15) is 13.2 Å². The molecule has 0 unspecified atom stereocenters. The molecule has 0 radical (unpaired) electrons. The minimum Gasteiger partial charge on any atom is -0.496 e. The Labute approximate surface area is 161 Å². The van der Waals surface area contributed by atoms with E-state index in [-0.39, 0.29) is 16.1 Å². The van der Waals surface area contributed by atoms with Crippen LogP contribution in [0.25, 0.3) is 11.1 Å². The number of Topliss-reactive ketones (excluding diaryl/α,β-unsaturated/α-hetero) is 1. The predicted molar refractivity (Wildman–Crippen MR) is 105 cm³/mol. The molecule has 144 valence electrons. The van der Waals surface area contributed by atoms with Crippen LogP contribution in [0, 0.1) is 5.41 Å². The maximum absolute atomic E-state index is 12.4. The second kappa shape index (κ2) is 7.09. The second-order valence-corrected chi connectivity index (χ2v) is 9.66. The van der Waals surface area contributed by atoms with Crippen LogP contribution < -0.4 is 4.74 Å². The second-order valence-electron chi connectivity index (χ2n) is 7.51. The largest absolute Gasteiger partial charge is 0.496 e. The average molecular weight is 388 g/mol. The molecule has 0 amide bonds. The van der Waals surface area contributed by atoms with Crippen LogP contribution in [0.1, 0.15) is 25.3 Å². The van der Waals surface area contributed by atoms with E-state index in [0.717, 1.165) is 29.5 Å². The normalized spacial score (nSPS) is 15.6. The molecular weight excluding hydrogens is 362 g/mol. The van der Waals surface area contributed by atoms with E-state index >= 15 is 0 Å². The SMILES string of the molecule is COc1ccc(CC(=O)C2(C)CC2)cc1-c1ccc(S(=O)(=O)N(C)C)cc1. The Kier molecular flexibility index (Phi) is 5.14. The van der Waals surface area contributed by atoms with Crippen molar-refractivity contribution >= 4 is 15.8 Å². The summed E-state index contributed by atoms with van der Waals surface area (Å²) in [5, 5.41) is 0. The number of benzene rings is 2. The van der Waals surface area contributed by atoms with Crippen molar-refractivity contribution < 1.29 is 17.9 Å². The van der Waals surface area contributed by atoms with Crippen molar-refractivity contribution in [3.8, 4) is 16.9 Å². The van der Waals surface area contributed by atoms with E-state index in [0.29, 0.717) is 12.2 Å². The van der Waals surface area contributed by atoms with Gasteiger partial charge >= 0.3 is 0 Å². The van der Waals surface area contributed by atoms with Gasteiger partial charge in [0.2, 0.25) is 10.0 Å². The zero-order chi connectivity index (χ0) is 19.8. The Morgan fingerprint density at radius 2 is 1.74 bits per heavy atom. The van der Waals surface area contributed by atoms with Gasteiger partial charge in [0.1, 0.15) is 11.5 Å². The van der Waals surface area contributed by atoms with E-state index in [1.165, 1.54) is 18.4 Å². The summed E-state index contributed by atoms with van der Waals surface area (Å²) in [6, 6.07) is 12.4. The molecule has 0 N–H and O–H groups in total. The zero-order valence-electron chi connectivity index (χ0n) is 16.2. The first-order valence-electron chi connectivity index (χ1n) is 8.90. The van der Waals surface area contributed by atoms with Gasteiger partial charge in [-0.1, -0.05) is 25.1 Å². The Balaban J connectivity index is 1.93. The summed E-state index contributed by atoms with van der Waals surface area (Å²) in [6.45, 7) is 2.02. The summed E-state index contributed by atoms with van der Waals surface area (Å²) in [7, 11) is 1.14. The number of hydrogen-bond donors (Lipinski definition) is 0. The average Bonchev–Trinajstić information content (AvgIpc) is 3.40. The lowest BCUT2D eigenvalue weighted by Gasteiger charge is -2.14. The number of sulfonamides is 1. The molecule has 3 rings (SSSR count). The van der Waals surface area contributed by atoms with Crippen LogP contribution in [-0.2, 0) is 21.2 Å². The van der Waals surface area contributed by atoms with Crippen LogP contribution in [0.4, 0.5) is 0 Å². The highest BCUT2D eigenvalue weighted by Crippen LogP contribution is 2.46. The molecule has 27 heavy (non-hydrogen) atoms. The molecule has 2 aromatic carbocycles. The van der Waals surface area contributed by atoms with E-state index in [2.05, 4.69) is 0 Å². The molecule has 1 aliphatic rings. The van der Waals surface area contributed by atoms with Crippen LogP contribution in [-0.4, -0.2) is 39.7 Å². The van der Waals surface area contributed by atoms with Crippen LogP contribution in [0.5, 0.6) is 5.75 Å². The summed E-state index contributed by atoms with van der Waals surface area (Å²) >= 11 is 0. The van der Waals surface area contributed by atoms with E-state index in [1.807, 2.05) is 25.1 Å². The molecule has 1 saturated carbocycles. The smallest absolute Gasteiger partial charge is 0.242 e. The standard InChI is InChI=1S/C21H25NO4S/c1-21(11-12-21)20(23)14-15-5-10-19(26-4)18(13-15)16-6-8-17(9-7-16)27(24,25)22(2)3/h5-10,13H,11-12,14H2,1-4H3. The van der Waals surface area contributed by atoms with Gasteiger partial charge in [-0.3, -0.25) is 4.79 Å². The Bertz CT molecular complexity index is 958. The summed E-state index contributed by atoms with van der Waals surface area (Å²) in [5.74, 6) is 0.957. The molecule has 0 aromatic heterocycles. The number of rotatable bonds is 7. The molecular formula is C21H25NO4S. The van der Waals surface area contributed by atoms with Gasteiger partial charge in [0.25, 0.3) is 0 Å². The van der Waals surface area contributed by atoms with E-state index in [4.69, 9.17) is 4.74 Å². The molecule has 0 spiro atoms. The van der Waals surface area contributed by atoms with Crippen molar-refractivity contribution in [3.63, 3.8) is 0 Å². The quantitative estimate of drug-likeness (QED) is 0.729. The van der Waals surface area contributed by atoms with Crippen molar-refractivity contribution in [2.75, 3.05) is 21.2 Å². The summed E-state index contributed by atoms with van der Waals surface area (Å²) in [4.78, 5) is 12.7. The van der Waals surface area contributed by atoms with Gasteiger partial charge in [0, 0.05) is 31.5 Å². The highest BCUT2D eigenvalue weighted by atomic mass is 32.2. The van der Waals surface area contributed by atoms with Gasteiger partial charge in [-0.15, -0.1) is 0 Å². The first kappa shape index (κ1) is 19.6. The molecule has 1 fully saturated rings. The first-order chi connectivity index (χ1) is 12.7. The zero-order valence-corrected chi connectivity index (χ0v) is 17.0. The third-order valence-electron chi connectivity index (χ3n) is 5.25. The van der Waals surface area contributed by atoms with Crippen LogP contribution in [0.3, 0.4) is 0 Å². The highest BCUT2D eigenvalue weighted by Gasteiger charge is 2.43. The summed E-state index contributed by atoms with van der Waals surface area (Å²) in [5.41, 5.74) is 2.48. The fraction of sp³-hybridized carbons (Fsp3) is 0.381. The van der Waals surface area contributed by atoms with Gasteiger partial charge in [0.05, 0.1) is 12.0 Å². The van der Waals surface area contributed by atoms with Gasteiger partial charge in [0.15, 0.2) is 0 Å². The van der Waals surface area contributed by atoms with Gasteiger partial charge in [-0.05, 0) is 48.2 Å². The van der Waals surface area contributed by atoms with Crippen molar-refractivity contribution in [1.29, 1.82) is 0 Å². The third-order valence-corrected chi connectivity index (χ3v) is 7.07. The maximum Gasteiger partial charge on any atom is 0.242 e. The van der Waals surface area contributed by atoms with E-state index < -0.39 is 10.0 Å². The molecule has 0 bridgehead atoms. The molecule has 1 aliphatic carbocycles. The van der Waals surface area contributed by atoms with Crippen LogP contribution >= 0.6 is 0 Å². The fourth-order valence-electron chi connectivity index (χ4n) is 2.97. The first-order valence-corrected chi connectivity index (χ1v) is 10.3. The van der Waals surface area contributed by atoms with Crippen LogP contribution in [0.15, 0.2) is 47.4 Å². The molecule has 0 heterocycles. The minimum atomic E-state index is -3.47. The van der Waals surface area contributed by atoms with Crippen molar-refractivity contribution in [2.45, 2.75) is 31.1 Å². The number of ketones is 1. The van der Waals surface area contributed by atoms with Gasteiger partial charge in [-0.2, -0.15) is 0 Å². The third kappa shape index (κ3) is 3.92. The molecule has 6 heteroatoms. The number of methoxy groups -OCH3 is 1. The van der Waals surface area contributed by atoms with Crippen molar-refractivity contribution in [2.24, 2.45) is 5.41 Å². The molecule has 0 atom stereocenters. The molecule has 5 nitrogen and oxygen atoms in total. The number of carbonyl (C=O) groups excluding carboxylic acids is 1. The maximum atomic E-state index is 12.4. The Morgan fingerprint density at radius 3 is 2.26 bits per heavy atom. The topological polar surface area (TPSA) is 63.7 Å². The number of nitrogens with zero attached hydrogens (tertiary/aromatic N) is 1. The molecule has 0 saturated heterocycles. The molecule has 0 aliphatic heterocycles. The van der Waals surface area contributed by atoms with Gasteiger partial charge < -0.3 is 4.74 Å². The summed E-state index contributed by atoms with van der Waals surface area (Å²) < 4.78 is 31.1. The van der Waals surface area contributed by atoms with E-state index in [1.54, 1.807) is 31.4 Å². The lowest BCUT2D eigenvalue weighted by Crippen LogP contribution is -2.22. The number of ether oxygens (including phenoxy) is 1. The fourth-order valence-corrected chi connectivity index (χ4v) is 3.87. The van der Waals surface area contributed by atoms with Gasteiger partial charge in [-0.25, -0.2) is 12.7 Å². The number of carbonyl (C=O) groups is 1.